The van der Waals surface area contributed by atoms with Gasteiger partial charge in [-0.3, -0.25) is 14.4 Å². The summed E-state index contributed by atoms with van der Waals surface area (Å²) >= 11 is 0. The molecule has 1 aliphatic carbocycles. The highest BCUT2D eigenvalue weighted by molar-refractivity contribution is 7.87. The van der Waals surface area contributed by atoms with E-state index < -0.39 is 57.1 Å². The summed E-state index contributed by atoms with van der Waals surface area (Å²) in [4.78, 5) is 37.2. The topological polar surface area (TPSA) is 162 Å². The molecule has 3 atom stereocenters. The van der Waals surface area contributed by atoms with Gasteiger partial charge in [0.05, 0.1) is 30.6 Å². The highest BCUT2D eigenvalue weighted by Gasteiger charge is 2.54. The molecule has 3 unspecified atom stereocenters. The number of hydrogen-bond acceptors (Lipinski definition) is 7. The highest BCUT2D eigenvalue weighted by Crippen LogP contribution is 2.36. The van der Waals surface area contributed by atoms with Crippen molar-refractivity contribution in [1.82, 2.24) is 14.3 Å². The van der Waals surface area contributed by atoms with Gasteiger partial charge in [-0.25, -0.2) is 0 Å². The maximum atomic E-state index is 13.3. The molecule has 0 saturated heterocycles. The molecule has 4 N–H and O–H groups in total. The monoisotopic (exact) mass is 569 g/mol. The first-order valence-electron chi connectivity index (χ1n) is 13.2. The van der Waals surface area contributed by atoms with Crippen LogP contribution in [0.4, 0.5) is 0 Å². The van der Waals surface area contributed by atoms with E-state index in [0.29, 0.717) is 6.42 Å². The Balaban J connectivity index is 2.32. The van der Waals surface area contributed by atoms with Crippen LogP contribution < -0.4 is 10.0 Å². The average molecular weight is 570 g/mol. The number of carbonyl (C=O) groups is 3. The Morgan fingerprint density at radius 1 is 1.13 bits per heavy atom. The highest BCUT2D eigenvalue weighted by atomic mass is 32.2. The van der Waals surface area contributed by atoms with E-state index in [1.807, 2.05) is 44.2 Å². The second kappa shape index (κ2) is 13.2. The van der Waals surface area contributed by atoms with Crippen LogP contribution in [0.1, 0.15) is 59.4 Å². The van der Waals surface area contributed by atoms with Crippen molar-refractivity contribution < 1.29 is 37.8 Å². The largest absolute Gasteiger partial charge is 0.480 e. The molecule has 0 aliphatic heterocycles. The zero-order valence-corrected chi connectivity index (χ0v) is 24.5. The smallest absolute Gasteiger partial charge is 0.324 e. The van der Waals surface area contributed by atoms with Crippen molar-refractivity contribution >= 4 is 28.1 Å². The summed E-state index contributed by atoms with van der Waals surface area (Å²) in [5.74, 6) is -2.97. The molecule has 12 heteroatoms. The Morgan fingerprint density at radius 3 is 2.21 bits per heavy atom. The molecular formula is C27H43N3O8S. The van der Waals surface area contributed by atoms with Crippen molar-refractivity contribution in [2.24, 2.45) is 17.3 Å². The number of amides is 1. The summed E-state index contributed by atoms with van der Waals surface area (Å²) in [6.45, 7) is 8.31. The van der Waals surface area contributed by atoms with Crippen LogP contribution in [0.15, 0.2) is 30.3 Å². The number of esters is 1. The minimum absolute atomic E-state index is 0.0531. The molecule has 1 aromatic carbocycles. The fourth-order valence-electron chi connectivity index (χ4n) is 4.07. The first kappa shape index (κ1) is 32.7. The summed E-state index contributed by atoms with van der Waals surface area (Å²) in [6, 6.07) is 8.21. The minimum atomic E-state index is -4.27. The Bertz CT molecular complexity index is 1100. The number of carboxylic acids is 1. The van der Waals surface area contributed by atoms with Crippen molar-refractivity contribution in [3.8, 4) is 0 Å². The first-order valence-corrected chi connectivity index (χ1v) is 14.6. The number of aliphatic hydroxyl groups is 1. The summed E-state index contributed by atoms with van der Waals surface area (Å²) in [7, 11) is -3.03. The van der Waals surface area contributed by atoms with Gasteiger partial charge in [0.2, 0.25) is 5.91 Å². The minimum Gasteiger partial charge on any atom is -0.480 e. The molecule has 0 spiro atoms. The lowest BCUT2D eigenvalue weighted by Crippen LogP contribution is -2.56. The van der Waals surface area contributed by atoms with Gasteiger partial charge in [0.1, 0.15) is 5.54 Å². The molecule has 0 aromatic heterocycles. The van der Waals surface area contributed by atoms with Gasteiger partial charge in [-0.05, 0) is 51.0 Å². The van der Waals surface area contributed by atoms with E-state index in [9.17, 15) is 33.0 Å². The van der Waals surface area contributed by atoms with E-state index in [2.05, 4.69) is 10.0 Å². The van der Waals surface area contributed by atoms with Gasteiger partial charge in [-0.15, -0.1) is 0 Å². The Kier molecular flexibility index (Phi) is 11.1. The number of benzene rings is 1. The lowest BCUT2D eigenvalue weighted by Gasteiger charge is -2.33. The van der Waals surface area contributed by atoms with Crippen LogP contribution in [0.25, 0.3) is 0 Å². The van der Waals surface area contributed by atoms with Crippen LogP contribution in [-0.2, 0) is 35.8 Å². The fraction of sp³-hybridized carbons (Fsp3) is 0.667. The molecule has 39 heavy (non-hydrogen) atoms. The zero-order chi connectivity index (χ0) is 29.6. The third-order valence-electron chi connectivity index (χ3n) is 7.45. The lowest BCUT2D eigenvalue weighted by molar-refractivity contribution is -0.157. The van der Waals surface area contributed by atoms with E-state index in [0.717, 1.165) is 9.87 Å². The molecule has 1 aromatic rings. The van der Waals surface area contributed by atoms with Crippen LogP contribution in [0, 0.1) is 17.3 Å². The van der Waals surface area contributed by atoms with E-state index in [-0.39, 0.29) is 38.3 Å². The molecule has 1 aliphatic rings. The second-order valence-corrected chi connectivity index (χ2v) is 13.0. The van der Waals surface area contributed by atoms with Gasteiger partial charge in [-0.1, -0.05) is 51.1 Å². The number of hydrogen-bond donors (Lipinski definition) is 4. The van der Waals surface area contributed by atoms with Gasteiger partial charge >= 0.3 is 11.9 Å². The SMILES string of the molecule is COC(=O)C(C)(C)C(C)C(=O)NC(Cc1ccccc1)C(O)CN(CCC(C)C)S(=O)(=O)NC1(C(=O)O)CC1. The number of carboxylic acid groups (broad SMARTS) is 1. The molecule has 1 fully saturated rings. The lowest BCUT2D eigenvalue weighted by atomic mass is 9.79. The van der Waals surface area contributed by atoms with Gasteiger partial charge in [0.25, 0.3) is 10.2 Å². The molecule has 1 amide bonds. The third kappa shape index (κ3) is 8.72. The quantitative estimate of drug-likeness (QED) is 0.219. The number of rotatable bonds is 16. The van der Waals surface area contributed by atoms with Gasteiger partial charge in [0, 0.05) is 13.1 Å². The number of aliphatic carboxylic acids is 1. The number of methoxy groups -OCH3 is 1. The maximum Gasteiger partial charge on any atom is 0.324 e. The van der Waals surface area contributed by atoms with Crippen LogP contribution in [0.2, 0.25) is 0 Å². The Labute approximate surface area is 231 Å². The molecule has 11 nitrogen and oxygen atoms in total. The number of carbonyl (C=O) groups excluding carboxylic acids is 2. The van der Waals surface area contributed by atoms with Crippen LogP contribution in [0.5, 0.6) is 0 Å². The molecule has 0 heterocycles. The molecule has 0 bridgehead atoms. The molecule has 220 valence electrons. The molecule has 2 rings (SSSR count). The summed E-state index contributed by atoms with van der Waals surface area (Å²) in [5.41, 5.74) is -1.88. The molecule has 1 saturated carbocycles. The van der Waals surface area contributed by atoms with Crippen molar-refractivity contribution in [2.75, 3.05) is 20.2 Å². The molecular weight excluding hydrogens is 526 g/mol. The molecule has 0 radical (unpaired) electrons. The van der Waals surface area contributed by atoms with E-state index >= 15 is 0 Å². The van der Waals surface area contributed by atoms with E-state index in [1.165, 1.54) is 7.11 Å². The zero-order valence-electron chi connectivity index (χ0n) is 23.6. The Hall–Kier alpha value is -2.54. The van der Waals surface area contributed by atoms with Crippen molar-refractivity contribution in [3.63, 3.8) is 0 Å². The maximum absolute atomic E-state index is 13.3. The second-order valence-electron chi connectivity index (χ2n) is 11.3. The van der Waals surface area contributed by atoms with Gasteiger partial charge < -0.3 is 20.3 Å². The number of nitrogens with one attached hydrogen (secondary N) is 2. The average Bonchev–Trinajstić information content (AvgIpc) is 3.65. The van der Waals surface area contributed by atoms with E-state index in [4.69, 9.17) is 4.74 Å². The summed E-state index contributed by atoms with van der Waals surface area (Å²) in [6.07, 6.45) is -0.297. The predicted molar refractivity (Wildman–Crippen MR) is 146 cm³/mol. The Morgan fingerprint density at radius 2 is 1.72 bits per heavy atom. The normalized spacial score (nSPS) is 17.4. The van der Waals surface area contributed by atoms with Crippen molar-refractivity contribution in [2.45, 2.75) is 78.0 Å². The van der Waals surface area contributed by atoms with Crippen LogP contribution in [-0.4, -0.2) is 78.7 Å². The van der Waals surface area contributed by atoms with Crippen molar-refractivity contribution in [1.29, 1.82) is 0 Å². The predicted octanol–water partition coefficient (Wildman–Crippen LogP) is 1.71. The van der Waals surface area contributed by atoms with Gasteiger partial charge in [0.15, 0.2) is 0 Å². The first-order chi connectivity index (χ1) is 18.1. The standard InChI is InChI=1S/C27H43N3O8S/c1-18(2)12-15-30(39(36,37)29-27(13-14-27)24(33)34)17-22(31)21(16-20-10-8-7-9-11-20)28-23(32)19(3)26(4,5)25(35)38-6/h7-11,18-19,21-22,29,31H,12-17H2,1-6H3,(H,28,32)(H,33,34). The number of aliphatic hydroxyl groups excluding tert-OH is 1. The number of nitrogens with zero attached hydrogens (tertiary/aromatic N) is 1. The van der Waals surface area contributed by atoms with E-state index in [1.54, 1.807) is 20.8 Å². The number of ether oxygens (including phenoxy) is 1. The van der Waals surface area contributed by atoms with Crippen molar-refractivity contribution in [3.05, 3.63) is 35.9 Å². The van der Waals surface area contributed by atoms with Crippen LogP contribution >= 0.6 is 0 Å². The summed E-state index contributed by atoms with van der Waals surface area (Å²) in [5, 5.41) is 23.6. The van der Waals surface area contributed by atoms with Gasteiger partial charge in [-0.2, -0.15) is 17.4 Å². The van der Waals surface area contributed by atoms with Crippen LogP contribution in [0.3, 0.4) is 0 Å². The third-order valence-corrected chi connectivity index (χ3v) is 9.11. The fourth-order valence-corrected chi connectivity index (χ4v) is 5.68. The summed E-state index contributed by atoms with van der Waals surface area (Å²) < 4.78 is 34.8.